The van der Waals surface area contributed by atoms with E-state index in [9.17, 15) is 9.90 Å². The maximum absolute atomic E-state index is 11.6. The fourth-order valence-corrected chi connectivity index (χ4v) is 4.93. The summed E-state index contributed by atoms with van der Waals surface area (Å²) in [6.45, 7) is 2.91. The summed E-state index contributed by atoms with van der Waals surface area (Å²) >= 11 is 0. The normalized spacial score (nSPS) is 32.0. The summed E-state index contributed by atoms with van der Waals surface area (Å²) in [4.78, 5) is 14.1. The van der Waals surface area contributed by atoms with Crippen molar-refractivity contribution in [2.45, 2.75) is 82.7 Å². The quantitative estimate of drug-likeness (QED) is 0.816. The number of nitrogens with one attached hydrogen (secondary N) is 1. The highest BCUT2D eigenvalue weighted by molar-refractivity contribution is 5.70. The summed E-state index contributed by atoms with van der Waals surface area (Å²) < 4.78 is 0. The molecule has 4 nitrogen and oxygen atoms in total. The minimum Gasteiger partial charge on any atom is -0.481 e. The molecule has 1 saturated heterocycles. The number of hydrogen-bond acceptors (Lipinski definition) is 3. The van der Waals surface area contributed by atoms with Crippen molar-refractivity contribution >= 4 is 5.97 Å². The fraction of sp³-hybridized carbons (Fsp3) is 0.947. The first-order valence-corrected chi connectivity index (χ1v) is 9.92. The lowest BCUT2D eigenvalue weighted by atomic mass is 9.87. The molecule has 3 aliphatic rings. The van der Waals surface area contributed by atoms with Crippen LogP contribution in [0.5, 0.6) is 0 Å². The molecule has 0 aromatic rings. The highest BCUT2D eigenvalue weighted by atomic mass is 16.4. The minimum atomic E-state index is -0.602. The number of carbonyl (C=O) groups is 1. The second-order valence-electron chi connectivity index (χ2n) is 8.13. The lowest BCUT2D eigenvalue weighted by Gasteiger charge is -2.42. The van der Waals surface area contributed by atoms with Crippen LogP contribution in [0.15, 0.2) is 0 Å². The lowest BCUT2D eigenvalue weighted by molar-refractivity contribution is -0.144. The molecule has 0 spiro atoms. The van der Waals surface area contributed by atoms with Gasteiger partial charge in [-0.3, -0.25) is 9.69 Å². The van der Waals surface area contributed by atoms with E-state index in [-0.39, 0.29) is 5.92 Å². The van der Waals surface area contributed by atoms with E-state index in [4.69, 9.17) is 0 Å². The molecule has 0 aromatic carbocycles. The summed E-state index contributed by atoms with van der Waals surface area (Å²) in [7, 11) is 0. The van der Waals surface area contributed by atoms with Crippen LogP contribution in [-0.4, -0.2) is 47.7 Å². The van der Waals surface area contributed by atoms with Gasteiger partial charge in [-0.1, -0.05) is 38.5 Å². The van der Waals surface area contributed by atoms with Crippen LogP contribution in [0, 0.1) is 11.8 Å². The van der Waals surface area contributed by atoms with Crippen molar-refractivity contribution in [2.24, 2.45) is 11.8 Å². The zero-order valence-corrected chi connectivity index (χ0v) is 14.5. The first-order chi connectivity index (χ1) is 11.2. The monoisotopic (exact) mass is 322 g/mol. The maximum Gasteiger partial charge on any atom is 0.307 e. The Hall–Kier alpha value is -0.610. The summed E-state index contributed by atoms with van der Waals surface area (Å²) in [6, 6.07) is 0.999. The van der Waals surface area contributed by atoms with E-state index < -0.39 is 5.97 Å². The van der Waals surface area contributed by atoms with Crippen molar-refractivity contribution in [3.63, 3.8) is 0 Å². The largest absolute Gasteiger partial charge is 0.481 e. The fourth-order valence-electron chi connectivity index (χ4n) is 4.93. The topological polar surface area (TPSA) is 52.6 Å². The number of likely N-dealkylation sites (tertiary alicyclic amines) is 1. The van der Waals surface area contributed by atoms with Gasteiger partial charge in [0, 0.05) is 25.2 Å². The standard InChI is InChI=1S/C19H34N2O2/c22-19(23)16-11-17(20-12-15-7-3-1-4-8-15)14-21(13-16)18-9-5-2-6-10-18/h15-18,20H,1-14H2,(H,22,23). The van der Waals surface area contributed by atoms with Crippen molar-refractivity contribution in [3.05, 3.63) is 0 Å². The van der Waals surface area contributed by atoms with Crippen molar-refractivity contribution in [1.82, 2.24) is 10.2 Å². The number of carboxylic acids is 1. The van der Waals surface area contributed by atoms with E-state index >= 15 is 0 Å². The molecule has 3 fully saturated rings. The number of aliphatic carboxylic acids is 1. The predicted octanol–water partition coefficient (Wildman–Crippen LogP) is 3.26. The average molecular weight is 322 g/mol. The van der Waals surface area contributed by atoms with E-state index in [0.29, 0.717) is 12.1 Å². The number of nitrogens with zero attached hydrogens (tertiary/aromatic N) is 1. The van der Waals surface area contributed by atoms with Crippen LogP contribution < -0.4 is 5.32 Å². The van der Waals surface area contributed by atoms with Gasteiger partial charge in [-0.15, -0.1) is 0 Å². The Bertz CT molecular complexity index is 376. The molecule has 1 aliphatic heterocycles. The Kier molecular flexibility index (Phi) is 6.35. The third kappa shape index (κ3) is 4.93. The Morgan fingerprint density at radius 3 is 2.26 bits per heavy atom. The predicted molar refractivity (Wildman–Crippen MR) is 92.6 cm³/mol. The average Bonchev–Trinajstić information content (AvgIpc) is 2.61. The van der Waals surface area contributed by atoms with Gasteiger partial charge in [0.25, 0.3) is 0 Å². The molecule has 0 radical (unpaired) electrons. The molecule has 0 aromatic heterocycles. The Balaban J connectivity index is 1.53. The summed E-state index contributed by atoms with van der Waals surface area (Å²) in [6.07, 6.45) is 14.2. The smallest absolute Gasteiger partial charge is 0.307 e. The molecular formula is C19H34N2O2. The molecule has 2 saturated carbocycles. The molecule has 2 atom stereocenters. The highest BCUT2D eigenvalue weighted by Gasteiger charge is 2.35. The SMILES string of the molecule is O=C(O)C1CC(NCC2CCCCC2)CN(C2CCCCC2)C1. The number of carboxylic acid groups (broad SMARTS) is 1. The molecule has 0 amide bonds. The van der Waals surface area contributed by atoms with Crippen LogP contribution in [-0.2, 0) is 4.79 Å². The zero-order valence-electron chi connectivity index (χ0n) is 14.5. The van der Waals surface area contributed by atoms with E-state index in [2.05, 4.69) is 10.2 Å². The van der Waals surface area contributed by atoms with Gasteiger partial charge in [0.15, 0.2) is 0 Å². The molecule has 132 valence electrons. The first kappa shape index (κ1) is 17.2. The number of piperidine rings is 1. The van der Waals surface area contributed by atoms with Gasteiger partial charge in [-0.05, 0) is 44.6 Å². The molecule has 3 rings (SSSR count). The molecule has 2 unspecified atom stereocenters. The van der Waals surface area contributed by atoms with E-state index in [1.165, 1.54) is 64.2 Å². The van der Waals surface area contributed by atoms with Crippen molar-refractivity contribution in [3.8, 4) is 0 Å². The molecule has 0 bridgehead atoms. The maximum atomic E-state index is 11.6. The van der Waals surface area contributed by atoms with Gasteiger partial charge in [-0.2, -0.15) is 0 Å². The Morgan fingerprint density at radius 1 is 0.957 bits per heavy atom. The molecule has 2 aliphatic carbocycles. The first-order valence-electron chi connectivity index (χ1n) is 9.92. The third-order valence-corrected chi connectivity index (χ3v) is 6.34. The molecule has 4 heteroatoms. The van der Waals surface area contributed by atoms with Crippen LogP contribution in [0.1, 0.15) is 70.6 Å². The highest BCUT2D eigenvalue weighted by Crippen LogP contribution is 2.28. The third-order valence-electron chi connectivity index (χ3n) is 6.34. The van der Waals surface area contributed by atoms with Crippen LogP contribution in [0.4, 0.5) is 0 Å². The van der Waals surface area contributed by atoms with Crippen molar-refractivity contribution < 1.29 is 9.90 Å². The minimum absolute atomic E-state index is 0.186. The second kappa shape index (κ2) is 8.48. The van der Waals surface area contributed by atoms with Gasteiger partial charge in [0.05, 0.1) is 5.92 Å². The molecular weight excluding hydrogens is 288 g/mol. The van der Waals surface area contributed by atoms with Crippen LogP contribution in [0.25, 0.3) is 0 Å². The van der Waals surface area contributed by atoms with Gasteiger partial charge in [-0.25, -0.2) is 0 Å². The van der Waals surface area contributed by atoms with Gasteiger partial charge < -0.3 is 10.4 Å². The summed E-state index contributed by atoms with van der Waals surface area (Å²) in [5, 5.41) is 13.3. The van der Waals surface area contributed by atoms with Crippen LogP contribution in [0.3, 0.4) is 0 Å². The summed E-state index contributed by atoms with van der Waals surface area (Å²) in [5.74, 6) is 0.0293. The van der Waals surface area contributed by atoms with Crippen molar-refractivity contribution in [2.75, 3.05) is 19.6 Å². The van der Waals surface area contributed by atoms with Gasteiger partial charge in [0.1, 0.15) is 0 Å². The Labute approximate surface area is 141 Å². The van der Waals surface area contributed by atoms with E-state index in [1.54, 1.807) is 0 Å². The number of hydrogen-bond donors (Lipinski definition) is 2. The van der Waals surface area contributed by atoms with Crippen LogP contribution in [0.2, 0.25) is 0 Å². The zero-order chi connectivity index (χ0) is 16.1. The molecule has 2 N–H and O–H groups in total. The van der Waals surface area contributed by atoms with Gasteiger partial charge in [0.2, 0.25) is 0 Å². The summed E-state index contributed by atoms with van der Waals surface area (Å²) in [5.41, 5.74) is 0. The van der Waals surface area contributed by atoms with Crippen molar-refractivity contribution in [1.29, 1.82) is 0 Å². The van der Waals surface area contributed by atoms with Crippen LogP contribution >= 0.6 is 0 Å². The number of rotatable bonds is 5. The van der Waals surface area contributed by atoms with E-state index in [1.807, 2.05) is 0 Å². The molecule has 1 heterocycles. The van der Waals surface area contributed by atoms with Gasteiger partial charge >= 0.3 is 5.97 Å². The van der Waals surface area contributed by atoms with E-state index in [0.717, 1.165) is 32.0 Å². The lowest BCUT2D eigenvalue weighted by Crippen LogP contribution is -2.55. The molecule has 23 heavy (non-hydrogen) atoms. The Morgan fingerprint density at radius 2 is 1.61 bits per heavy atom. The second-order valence-corrected chi connectivity index (χ2v) is 8.13.